The summed E-state index contributed by atoms with van der Waals surface area (Å²) >= 11 is 0. The SMILES string of the molecule is COc1cc(C#N)ccc1OS(=O)(=O)c1cccc(F)c1. The van der Waals surface area contributed by atoms with Crippen molar-refractivity contribution in [1.82, 2.24) is 0 Å². The molecule has 0 radical (unpaired) electrons. The molecule has 0 aliphatic heterocycles. The molecule has 0 atom stereocenters. The Kier molecular flexibility index (Phi) is 4.10. The first-order valence-electron chi connectivity index (χ1n) is 5.74. The standard InChI is InChI=1S/C14H10FNO4S/c1-19-14-7-10(9-16)5-6-13(14)20-21(17,18)12-4-2-3-11(15)8-12/h2-8H,1H3. The van der Waals surface area contributed by atoms with Gasteiger partial charge in [-0.3, -0.25) is 0 Å². The highest BCUT2D eigenvalue weighted by Gasteiger charge is 2.19. The van der Waals surface area contributed by atoms with Gasteiger partial charge in [-0.05, 0) is 30.3 Å². The lowest BCUT2D eigenvalue weighted by atomic mass is 10.2. The zero-order valence-electron chi connectivity index (χ0n) is 10.9. The zero-order valence-corrected chi connectivity index (χ0v) is 11.7. The van der Waals surface area contributed by atoms with Crippen LogP contribution >= 0.6 is 0 Å². The molecule has 2 aromatic rings. The molecule has 0 bridgehead atoms. The Hall–Kier alpha value is -2.59. The summed E-state index contributed by atoms with van der Waals surface area (Å²) in [7, 11) is -2.87. The third-order valence-corrected chi connectivity index (χ3v) is 3.81. The van der Waals surface area contributed by atoms with Gasteiger partial charge in [0.15, 0.2) is 11.5 Å². The maximum atomic E-state index is 13.1. The Morgan fingerprint density at radius 1 is 1.14 bits per heavy atom. The highest BCUT2D eigenvalue weighted by molar-refractivity contribution is 7.87. The van der Waals surface area contributed by atoms with Crippen molar-refractivity contribution in [3.63, 3.8) is 0 Å². The third kappa shape index (κ3) is 3.30. The van der Waals surface area contributed by atoms with E-state index in [9.17, 15) is 12.8 Å². The number of hydrogen-bond donors (Lipinski definition) is 0. The average Bonchev–Trinajstić information content (AvgIpc) is 2.47. The molecule has 0 aromatic heterocycles. The fourth-order valence-electron chi connectivity index (χ4n) is 1.59. The fraction of sp³-hybridized carbons (Fsp3) is 0.0714. The molecule has 0 fully saturated rings. The molecule has 0 heterocycles. The number of nitrogens with zero attached hydrogens (tertiary/aromatic N) is 1. The van der Waals surface area contributed by atoms with Crippen molar-refractivity contribution < 1.29 is 21.7 Å². The van der Waals surface area contributed by atoms with Crippen LogP contribution in [0.5, 0.6) is 11.5 Å². The van der Waals surface area contributed by atoms with Crippen molar-refractivity contribution in [3.05, 3.63) is 53.8 Å². The molecule has 108 valence electrons. The molecule has 21 heavy (non-hydrogen) atoms. The Bertz CT molecular complexity index is 812. The molecule has 0 saturated carbocycles. The Balaban J connectivity index is 2.40. The van der Waals surface area contributed by atoms with Crippen LogP contribution in [-0.2, 0) is 10.1 Å². The minimum atomic E-state index is -4.19. The molecule has 2 rings (SSSR count). The maximum absolute atomic E-state index is 13.1. The van der Waals surface area contributed by atoms with Gasteiger partial charge in [0.25, 0.3) is 0 Å². The number of halogens is 1. The van der Waals surface area contributed by atoms with Gasteiger partial charge in [0, 0.05) is 6.07 Å². The number of methoxy groups -OCH3 is 1. The van der Waals surface area contributed by atoms with E-state index in [0.29, 0.717) is 5.56 Å². The monoisotopic (exact) mass is 307 g/mol. The lowest BCUT2D eigenvalue weighted by Gasteiger charge is -2.10. The largest absolute Gasteiger partial charge is 0.493 e. The molecule has 0 aliphatic rings. The van der Waals surface area contributed by atoms with Crippen molar-refractivity contribution in [2.24, 2.45) is 0 Å². The van der Waals surface area contributed by atoms with Gasteiger partial charge in [-0.15, -0.1) is 0 Å². The second-order valence-corrected chi connectivity index (χ2v) is 5.52. The summed E-state index contributed by atoms with van der Waals surface area (Å²) in [6.07, 6.45) is 0. The van der Waals surface area contributed by atoms with Crippen LogP contribution in [0.1, 0.15) is 5.56 Å². The Morgan fingerprint density at radius 3 is 2.52 bits per heavy atom. The minimum absolute atomic E-state index is 0.0826. The van der Waals surface area contributed by atoms with E-state index in [2.05, 4.69) is 0 Å². The van der Waals surface area contributed by atoms with E-state index in [1.165, 1.54) is 37.4 Å². The van der Waals surface area contributed by atoms with Crippen LogP contribution in [0.4, 0.5) is 4.39 Å². The van der Waals surface area contributed by atoms with E-state index >= 15 is 0 Å². The van der Waals surface area contributed by atoms with Gasteiger partial charge in [-0.2, -0.15) is 13.7 Å². The van der Waals surface area contributed by atoms with Crippen molar-refractivity contribution in [1.29, 1.82) is 5.26 Å². The molecule has 5 nitrogen and oxygen atoms in total. The third-order valence-electron chi connectivity index (χ3n) is 2.58. The van der Waals surface area contributed by atoms with Crippen LogP contribution < -0.4 is 8.92 Å². The van der Waals surface area contributed by atoms with Crippen LogP contribution in [0, 0.1) is 17.1 Å². The molecule has 0 amide bonds. The van der Waals surface area contributed by atoms with E-state index in [1.54, 1.807) is 0 Å². The van der Waals surface area contributed by atoms with E-state index in [-0.39, 0.29) is 16.4 Å². The van der Waals surface area contributed by atoms with Gasteiger partial charge in [0.2, 0.25) is 0 Å². The summed E-state index contributed by atoms with van der Waals surface area (Å²) in [5.41, 5.74) is 0.294. The summed E-state index contributed by atoms with van der Waals surface area (Å²) in [6, 6.07) is 10.4. The van der Waals surface area contributed by atoms with E-state index in [1.807, 2.05) is 6.07 Å². The maximum Gasteiger partial charge on any atom is 0.339 e. The molecular weight excluding hydrogens is 297 g/mol. The van der Waals surface area contributed by atoms with Crippen LogP contribution in [0.2, 0.25) is 0 Å². The van der Waals surface area contributed by atoms with E-state index in [4.69, 9.17) is 14.2 Å². The normalized spacial score (nSPS) is 10.7. The van der Waals surface area contributed by atoms with Gasteiger partial charge in [-0.1, -0.05) is 6.07 Å². The summed E-state index contributed by atoms with van der Waals surface area (Å²) in [5.74, 6) is -0.679. The topological polar surface area (TPSA) is 76.4 Å². The quantitative estimate of drug-likeness (QED) is 0.811. The number of rotatable bonds is 4. The highest BCUT2D eigenvalue weighted by Crippen LogP contribution is 2.30. The first-order chi connectivity index (χ1) is 9.96. The minimum Gasteiger partial charge on any atom is -0.493 e. The molecule has 0 aliphatic carbocycles. The van der Waals surface area contributed by atoms with Crippen molar-refractivity contribution in [2.45, 2.75) is 4.90 Å². The molecule has 7 heteroatoms. The van der Waals surface area contributed by atoms with Gasteiger partial charge in [0.1, 0.15) is 10.7 Å². The molecular formula is C14H10FNO4S. The second kappa shape index (κ2) is 5.81. The predicted octanol–water partition coefficient (Wildman–Crippen LogP) is 2.47. The van der Waals surface area contributed by atoms with E-state index in [0.717, 1.165) is 12.1 Å². The zero-order chi connectivity index (χ0) is 15.5. The second-order valence-electron chi connectivity index (χ2n) is 3.97. The van der Waals surface area contributed by atoms with Crippen molar-refractivity contribution in [2.75, 3.05) is 7.11 Å². The molecule has 0 spiro atoms. The first-order valence-corrected chi connectivity index (χ1v) is 7.15. The summed E-state index contributed by atoms with van der Waals surface area (Å²) in [5, 5.41) is 8.78. The lowest BCUT2D eigenvalue weighted by molar-refractivity contribution is 0.390. The number of nitriles is 1. The number of ether oxygens (including phenoxy) is 1. The first kappa shape index (κ1) is 14.8. The van der Waals surface area contributed by atoms with Crippen molar-refractivity contribution in [3.8, 4) is 17.6 Å². The summed E-state index contributed by atoms with van der Waals surface area (Å²) in [4.78, 5) is -0.311. The van der Waals surface area contributed by atoms with Gasteiger partial charge in [0.05, 0.1) is 18.7 Å². The van der Waals surface area contributed by atoms with Gasteiger partial charge < -0.3 is 8.92 Å². The van der Waals surface area contributed by atoms with Crippen LogP contribution in [0.25, 0.3) is 0 Å². The Labute approximate surface area is 121 Å². The predicted molar refractivity (Wildman–Crippen MR) is 71.9 cm³/mol. The fourth-order valence-corrected chi connectivity index (χ4v) is 2.57. The van der Waals surface area contributed by atoms with E-state index < -0.39 is 15.9 Å². The van der Waals surface area contributed by atoms with Crippen LogP contribution in [0.15, 0.2) is 47.4 Å². The number of hydrogen-bond acceptors (Lipinski definition) is 5. The molecule has 0 N–H and O–H groups in total. The molecule has 2 aromatic carbocycles. The average molecular weight is 307 g/mol. The molecule has 0 unspecified atom stereocenters. The lowest BCUT2D eigenvalue weighted by Crippen LogP contribution is -2.10. The van der Waals surface area contributed by atoms with Crippen molar-refractivity contribution >= 4 is 10.1 Å². The van der Waals surface area contributed by atoms with Gasteiger partial charge >= 0.3 is 10.1 Å². The number of benzene rings is 2. The summed E-state index contributed by atoms with van der Waals surface area (Å²) < 4.78 is 47.1. The summed E-state index contributed by atoms with van der Waals surface area (Å²) in [6.45, 7) is 0. The Morgan fingerprint density at radius 2 is 1.90 bits per heavy atom. The van der Waals surface area contributed by atoms with Crippen LogP contribution in [-0.4, -0.2) is 15.5 Å². The smallest absolute Gasteiger partial charge is 0.339 e. The van der Waals surface area contributed by atoms with Crippen LogP contribution in [0.3, 0.4) is 0 Å². The molecule has 0 saturated heterocycles. The van der Waals surface area contributed by atoms with Gasteiger partial charge in [-0.25, -0.2) is 4.39 Å². The highest BCUT2D eigenvalue weighted by atomic mass is 32.2.